The van der Waals surface area contributed by atoms with Crippen molar-refractivity contribution >= 4 is 17.1 Å². The van der Waals surface area contributed by atoms with E-state index in [0.29, 0.717) is 23.5 Å². The summed E-state index contributed by atoms with van der Waals surface area (Å²) in [5, 5.41) is 0.854. The molecule has 2 aromatic heterocycles. The first-order valence-corrected chi connectivity index (χ1v) is 10.1. The Morgan fingerprint density at radius 3 is 2.77 bits per heavy atom. The third kappa shape index (κ3) is 3.84. The van der Waals surface area contributed by atoms with Crippen LogP contribution in [0.1, 0.15) is 45.3 Å². The summed E-state index contributed by atoms with van der Waals surface area (Å²) in [6.45, 7) is 6.23. The van der Waals surface area contributed by atoms with Crippen molar-refractivity contribution in [3.63, 3.8) is 0 Å². The predicted molar refractivity (Wildman–Crippen MR) is 113 cm³/mol. The van der Waals surface area contributed by atoms with Crippen molar-refractivity contribution in [2.45, 2.75) is 45.3 Å². The fraction of sp³-hybridized carbons (Fsp3) is 0.391. The number of benzene rings is 1. The second-order valence-electron chi connectivity index (χ2n) is 8.52. The van der Waals surface area contributed by atoms with Crippen molar-refractivity contribution in [2.75, 3.05) is 13.7 Å². The molecule has 1 amide bonds. The van der Waals surface area contributed by atoms with Gasteiger partial charge in [-0.2, -0.15) is 0 Å². The smallest absolute Gasteiger partial charge is 0.410 e. The number of carbonyl (C=O) groups is 1. The number of nitrogens with zero attached hydrogens (tertiary/aromatic N) is 2. The number of fused-ring (bicyclic) bond motifs is 1. The van der Waals surface area contributed by atoms with E-state index in [1.54, 1.807) is 24.3 Å². The zero-order chi connectivity index (χ0) is 21.5. The van der Waals surface area contributed by atoms with Crippen molar-refractivity contribution in [3.05, 3.63) is 48.0 Å². The molecule has 0 bridgehead atoms. The van der Waals surface area contributed by atoms with Crippen LogP contribution in [0, 0.1) is 5.82 Å². The number of hydrogen-bond acceptors (Lipinski definition) is 4. The van der Waals surface area contributed by atoms with E-state index in [1.807, 2.05) is 32.9 Å². The molecule has 30 heavy (non-hydrogen) atoms. The molecule has 1 saturated heterocycles. The molecule has 1 aliphatic rings. The normalized spacial score (nSPS) is 16.8. The van der Waals surface area contributed by atoms with Crippen molar-refractivity contribution in [1.29, 1.82) is 0 Å². The number of aromatic amines is 1. The summed E-state index contributed by atoms with van der Waals surface area (Å²) >= 11 is 0. The molecule has 1 atom stereocenters. The molecule has 0 spiro atoms. The molecular weight excluding hydrogens is 385 g/mol. The van der Waals surface area contributed by atoms with Crippen LogP contribution < -0.4 is 4.74 Å². The SMILES string of the molecule is COc1ccc(F)cc1-c1ccnc2[nH]c(C3CCCN3C(=O)OC(C)(C)C)cc12. The van der Waals surface area contributed by atoms with E-state index < -0.39 is 5.60 Å². The fourth-order valence-electron chi connectivity index (χ4n) is 3.98. The maximum absolute atomic E-state index is 14.0. The zero-order valence-corrected chi connectivity index (χ0v) is 17.7. The maximum Gasteiger partial charge on any atom is 0.410 e. The molecule has 0 radical (unpaired) electrons. The molecule has 3 aromatic rings. The lowest BCUT2D eigenvalue weighted by Gasteiger charge is -2.28. The van der Waals surface area contributed by atoms with E-state index in [2.05, 4.69) is 9.97 Å². The maximum atomic E-state index is 14.0. The summed E-state index contributed by atoms with van der Waals surface area (Å²) in [6, 6.07) is 8.18. The number of pyridine rings is 1. The Labute approximate surface area is 175 Å². The van der Waals surface area contributed by atoms with Crippen LogP contribution in [0.3, 0.4) is 0 Å². The minimum Gasteiger partial charge on any atom is -0.496 e. The van der Waals surface area contributed by atoms with Crippen molar-refractivity contribution < 1.29 is 18.7 Å². The van der Waals surface area contributed by atoms with Crippen LogP contribution in [0.25, 0.3) is 22.2 Å². The third-order valence-electron chi connectivity index (χ3n) is 5.24. The first-order valence-electron chi connectivity index (χ1n) is 10.1. The largest absolute Gasteiger partial charge is 0.496 e. The van der Waals surface area contributed by atoms with Crippen LogP contribution >= 0.6 is 0 Å². The third-order valence-corrected chi connectivity index (χ3v) is 5.24. The lowest BCUT2D eigenvalue weighted by Crippen LogP contribution is -2.36. The first-order chi connectivity index (χ1) is 14.3. The van der Waals surface area contributed by atoms with Gasteiger partial charge in [0.15, 0.2) is 0 Å². The summed E-state index contributed by atoms with van der Waals surface area (Å²) < 4.78 is 25.0. The van der Waals surface area contributed by atoms with Gasteiger partial charge in [-0.05, 0) is 69.5 Å². The molecule has 0 aliphatic carbocycles. The molecule has 0 saturated carbocycles. The highest BCUT2D eigenvalue weighted by Gasteiger charge is 2.34. The highest BCUT2D eigenvalue weighted by Crippen LogP contribution is 2.38. The number of nitrogens with one attached hydrogen (secondary N) is 1. The number of halogens is 1. The number of carbonyl (C=O) groups excluding carboxylic acids is 1. The van der Waals surface area contributed by atoms with Gasteiger partial charge in [-0.1, -0.05) is 0 Å². The van der Waals surface area contributed by atoms with E-state index >= 15 is 0 Å². The molecule has 3 heterocycles. The standard InChI is InChI=1S/C23H26FN3O3/c1-23(2,3)30-22(28)27-11-5-6-19(27)18-13-17-15(9-10-25-21(17)26-18)16-12-14(24)7-8-20(16)29-4/h7-10,12-13,19H,5-6,11H2,1-4H3,(H,25,26). The molecule has 1 unspecified atom stereocenters. The number of ether oxygens (including phenoxy) is 2. The Morgan fingerprint density at radius 1 is 1.23 bits per heavy atom. The first kappa shape index (κ1) is 20.2. The Bertz CT molecular complexity index is 1090. The van der Waals surface area contributed by atoms with Crippen LogP contribution in [-0.2, 0) is 4.74 Å². The number of hydrogen-bond donors (Lipinski definition) is 1. The molecule has 1 aromatic carbocycles. The lowest BCUT2D eigenvalue weighted by atomic mass is 10.0. The molecule has 1 fully saturated rings. The average Bonchev–Trinajstić information content (AvgIpc) is 3.33. The van der Waals surface area contributed by atoms with Crippen molar-refractivity contribution in [3.8, 4) is 16.9 Å². The van der Waals surface area contributed by atoms with Gasteiger partial charge >= 0.3 is 6.09 Å². The fourth-order valence-corrected chi connectivity index (χ4v) is 3.98. The van der Waals surface area contributed by atoms with Gasteiger partial charge in [0, 0.05) is 29.4 Å². The Balaban J connectivity index is 1.74. The average molecular weight is 411 g/mol. The topological polar surface area (TPSA) is 67.5 Å². The van der Waals surface area contributed by atoms with E-state index in [4.69, 9.17) is 9.47 Å². The van der Waals surface area contributed by atoms with Crippen LogP contribution in [0.2, 0.25) is 0 Å². The monoisotopic (exact) mass is 411 g/mol. The Kier molecular flexibility index (Phi) is 5.13. The summed E-state index contributed by atoms with van der Waals surface area (Å²) in [6.07, 6.45) is 3.11. The van der Waals surface area contributed by atoms with Gasteiger partial charge < -0.3 is 14.5 Å². The summed E-state index contributed by atoms with van der Waals surface area (Å²) in [4.78, 5) is 22.2. The molecule has 4 rings (SSSR count). The van der Waals surface area contributed by atoms with Crippen molar-refractivity contribution in [2.24, 2.45) is 0 Å². The van der Waals surface area contributed by atoms with Gasteiger partial charge in [-0.3, -0.25) is 4.90 Å². The van der Waals surface area contributed by atoms with Crippen molar-refractivity contribution in [1.82, 2.24) is 14.9 Å². The predicted octanol–water partition coefficient (Wildman–Crippen LogP) is 5.45. The van der Waals surface area contributed by atoms with E-state index in [-0.39, 0.29) is 18.0 Å². The minimum atomic E-state index is -0.548. The van der Waals surface area contributed by atoms with E-state index in [9.17, 15) is 9.18 Å². The number of amides is 1. The van der Waals surface area contributed by atoms with Crippen LogP contribution in [0.4, 0.5) is 9.18 Å². The molecular formula is C23H26FN3O3. The van der Waals surface area contributed by atoms with Gasteiger partial charge in [-0.25, -0.2) is 14.2 Å². The molecule has 7 heteroatoms. The number of likely N-dealkylation sites (tertiary alicyclic amines) is 1. The quantitative estimate of drug-likeness (QED) is 0.622. The summed E-state index contributed by atoms with van der Waals surface area (Å²) in [7, 11) is 1.56. The Morgan fingerprint density at radius 2 is 2.03 bits per heavy atom. The number of H-pyrrole nitrogens is 1. The van der Waals surface area contributed by atoms with Crippen LogP contribution in [0.5, 0.6) is 5.75 Å². The molecule has 1 aliphatic heterocycles. The van der Waals surface area contributed by atoms with Gasteiger partial charge in [0.2, 0.25) is 0 Å². The Hall–Kier alpha value is -3.09. The molecule has 1 N–H and O–H groups in total. The van der Waals surface area contributed by atoms with E-state index in [1.165, 1.54) is 12.1 Å². The number of rotatable bonds is 3. The van der Waals surface area contributed by atoms with Gasteiger partial charge in [0.05, 0.1) is 13.2 Å². The van der Waals surface area contributed by atoms with Crippen LogP contribution in [0.15, 0.2) is 36.5 Å². The zero-order valence-electron chi connectivity index (χ0n) is 17.7. The summed E-state index contributed by atoms with van der Waals surface area (Å²) in [5.74, 6) is 0.251. The second kappa shape index (κ2) is 7.63. The molecule has 158 valence electrons. The highest BCUT2D eigenvalue weighted by atomic mass is 19.1. The second-order valence-corrected chi connectivity index (χ2v) is 8.52. The highest BCUT2D eigenvalue weighted by molar-refractivity contribution is 5.95. The van der Waals surface area contributed by atoms with Gasteiger partial charge in [-0.15, -0.1) is 0 Å². The summed E-state index contributed by atoms with van der Waals surface area (Å²) in [5.41, 5.74) is 2.51. The number of methoxy groups -OCH3 is 1. The number of aromatic nitrogens is 2. The van der Waals surface area contributed by atoms with Crippen LogP contribution in [-0.4, -0.2) is 40.2 Å². The lowest BCUT2D eigenvalue weighted by molar-refractivity contribution is 0.0222. The minimum absolute atomic E-state index is 0.115. The van der Waals surface area contributed by atoms with Gasteiger partial charge in [0.25, 0.3) is 0 Å². The molecule has 6 nitrogen and oxygen atoms in total. The van der Waals surface area contributed by atoms with E-state index in [0.717, 1.165) is 29.5 Å². The van der Waals surface area contributed by atoms with Gasteiger partial charge in [0.1, 0.15) is 22.8 Å².